The van der Waals surface area contributed by atoms with E-state index in [1.54, 1.807) is 24.3 Å². The molecule has 0 fully saturated rings. The number of pyridine rings is 1. The molecule has 3 rings (SSSR count). The Morgan fingerprint density at radius 2 is 1.96 bits per heavy atom. The first-order valence-electron chi connectivity index (χ1n) is 8.26. The van der Waals surface area contributed by atoms with Crippen LogP contribution in [0.5, 0.6) is 0 Å². The molecule has 3 N–H and O–H groups in total. The largest absolute Gasteiger partial charge is 0.500 e. The van der Waals surface area contributed by atoms with Crippen LogP contribution < -0.4 is 10.9 Å². The van der Waals surface area contributed by atoms with Crippen molar-refractivity contribution in [2.75, 3.05) is 0 Å². The Hall–Kier alpha value is -2.70. The number of H-pyrrole nitrogens is 1. The molecule has 0 saturated heterocycles. The van der Waals surface area contributed by atoms with E-state index in [4.69, 9.17) is 23.8 Å². The number of halogens is 1. The summed E-state index contributed by atoms with van der Waals surface area (Å²) >= 11 is 10.8. The van der Waals surface area contributed by atoms with Gasteiger partial charge in [0.2, 0.25) is 5.56 Å². The fourth-order valence-electron chi connectivity index (χ4n) is 3.02. The van der Waals surface area contributed by atoms with Crippen molar-refractivity contribution in [2.45, 2.75) is 19.4 Å². The Bertz CT molecular complexity index is 1080. The Balaban J connectivity index is 1.92. The lowest BCUT2D eigenvalue weighted by atomic mass is 9.98. The molecular formula is C20H17ClN2O3S. The number of hydrogen-bond donors (Lipinski definition) is 3. The third-order valence-electron chi connectivity index (χ3n) is 4.29. The van der Waals surface area contributed by atoms with Gasteiger partial charge in [-0.15, -0.1) is 0 Å². The van der Waals surface area contributed by atoms with Crippen LogP contribution in [-0.4, -0.2) is 27.1 Å². The molecular weight excluding hydrogens is 384 g/mol. The summed E-state index contributed by atoms with van der Waals surface area (Å²) in [5.74, 6) is -0.390. The van der Waals surface area contributed by atoms with Gasteiger partial charge in [-0.3, -0.25) is 9.59 Å². The van der Waals surface area contributed by atoms with E-state index in [0.29, 0.717) is 21.7 Å². The van der Waals surface area contributed by atoms with Gasteiger partial charge in [0.1, 0.15) is 6.04 Å². The summed E-state index contributed by atoms with van der Waals surface area (Å²) in [6.07, 6.45) is 0.194. The number of thiocarbonyl (C=S) groups is 1. The average molecular weight is 401 g/mol. The monoisotopic (exact) mass is 400 g/mol. The molecule has 27 heavy (non-hydrogen) atoms. The van der Waals surface area contributed by atoms with Gasteiger partial charge in [-0.1, -0.05) is 23.7 Å². The summed E-state index contributed by atoms with van der Waals surface area (Å²) in [5.41, 5.74) is 2.52. The summed E-state index contributed by atoms with van der Waals surface area (Å²) in [6, 6.07) is 12.6. The van der Waals surface area contributed by atoms with Crippen LogP contribution in [0.1, 0.15) is 21.5 Å². The molecule has 5 nitrogen and oxygen atoms in total. The van der Waals surface area contributed by atoms with Crippen LogP contribution >= 0.6 is 23.8 Å². The normalized spacial score (nSPS) is 11.9. The Labute approximate surface area is 166 Å². The number of fused-ring (bicyclic) bond motifs is 1. The molecule has 1 atom stereocenters. The van der Waals surface area contributed by atoms with Crippen molar-refractivity contribution in [3.05, 3.63) is 80.6 Å². The minimum Gasteiger partial charge on any atom is -0.500 e. The molecule has 1 unspecified atom stereocenters. The summed E-state index contributed by atoms with van der Waals surface area (Å²) in [4.78, 5) is 27.3. The minimum absolute atomic E-state index is 0.194. The van der Waals surface area contributed by atoms with E-state index in [9.17, 15) is 14.7 Å². The van der Waals surface area contributed by atoms with Crippen molar-refractivity contribution >= 4 is 45.7 Å². The number of rotatable bonds is 5. The molecule has 3 aromatic rings. The zero-order valence-electron chi connectivity index (χ0n) is 14.5. The first-order valence-corrected chi connectivity index (χ1v) is 9.04. The number of aliphatic hydroxyl groups is 1. The number of hydrogen-bond acceptors (Lipinski definition) is 3. The molecule has 1 heterocycles. The van der Waals surface area contributed by atoms with Crippen LogP contribution in [-0.2, 0) is 6.42 Å². The maximum atomic E-state index is 12.5. The number of aromatic nitrogens is 1. The van der Waals surface area contributed by atoms with Gasteiger partial charge in [0.15, 0.2) is 5.05 Å². The van der Waals surface area contributed by atoms with E-state index in [-0.39, 0.29) is 22.9 Å². The topological polar surface area (TPSA) is 82.2 Å². The van der Waals surface area contributed by atoms with E-state index in [0.717, 1.165) is 10.9 Å². The third-order valence-corrected chi connectivity index (χ3v) is 4.83. The quantitative estimate of drug-likeness (QED) is 0.570. The number of nitrogens with one attached hydrogen (secondary N) is 2. The summed E-state index contributed by atoms with van der Waals surface area (Å²) in [7, 11) is 0. The molecule has 0 radical (unpaired) electrons. The van der Waals surface area contributed by atoms with Crippen molar-refractivity contribution in [2.24, 2.45) is 0 Å². The highest BCUT2D eigenvalue weighted by atomic mass is 35.5. The number of aromatic amines is 1. The molecule has 0 aliphatic carbocycles. The SMILES string of the molecule is Cc1cccc2[nH]c(=O)cc(CC(NC(=O)c3ccc(Cl)cc3)C(O)=S)c12. The number of benzene rings is 2. The van der Waals surface area contributed by atoms with Gasteiger partial charge in [0.25, 0.3) is 5.91 Å². The van der Waals surface area contributed by atoms with E-state index in [2.05, 4.69) is 10.3 Å². The second-order valence-corrected chi connectivity index (χ2v) is 7.09. The number of carbonyl (C=O) groups is 1. The van der Waals surface area contributed by atoms with E-state index in [1.165, 1.54) is 6.07 Å². The van der Waals surface area contributed by atoms with Gasteiger partial charge >= 0.3 is 0 Å². The van der Waals surface area contributed by atoms with Crippen LogP contribution in [0, 0.1) is 6.92 Å². The molecule has 0 saturated carbocycles. The number of aliphatic hydroxyl groups excluding tert-OH is 1. The molecule has 0 aliphatic rings. The molecule has 2 aromatic carbocycles. The first kappa shape index (κ1) is 19.1. The van der Waals surface area contributed by atoms with Crippen molar-refractivity contribution < 1.29 is 9.90 Å². The third kappa shape index (κ3) is 4.35. The van der Waals surface area contributed by atoms with Gasteiger partial charge in [-0.05, 0) is 60.6 Å². The second-order valence-electron chi connectivity index (χ2n) is 6.23. The maximum absolute atomic E-state index is 12.5. The van der Waals surface area contributed by atoms with Gasteiger partial charge in [-0.2, -0.15) is 0 Å². The van der Waals surface area contributed by atoms with Crippen molar-refractivity contribution in [3.63, 3.8) is 0 Å². The molecule has 0 aliphatic heterocycles. The summed E-state index contributed by atoms with van der Waals surface area (Å²) in [6.45, 7) is 1.93. The minimum atomic E-state index is -0.812. The van der Waals surface area contributed by atoms with Crippen LogP contribution in [0.4, 0.5) is 0 Å². The first-order chi connectivity index (χ1) is 12.8. The predicted molar refractivity (Wildman–Crippen MR) is 111 cm³/mol. The molecule has 0 bridgehead atoms. The smallest absolute Gasteiger partial charge is 0.251 e. The number of carbonyl (C=O) groups excluding carboxylic acids is 1. The standard InChI is InChI=1S/C20H17ClN2O3S/c1-11-3-2-4-15-18(11)13(10-17(24)22-15)9-16(20(26)27)23-19(25)12-5-7-14(21)8-6-12/h2-8,10,16H,9H2,1H3,(H,22,24)(H,23,25)(H,26,27). The lowest BCUT2D eigenvalue weighted by Gasteiger charge is -2.18. The van der Waals surface area contributed by atoms with Gasteiger partial charge in [0, 0.05) is 34.0 Å². The molecule has 0 spiro atoms. The predicted octanol–water partition coefficient (Wildman–Crippen LogP) is 3.72. The fourth-order valence-corrected chi connectivity index (χ4v) is 3.29. The highest BCUT2D eigenvalue weighted by molar-refractivity contribution is 7.80. The van der Waals surface area contributed by atoms with Crippen molar-refractivity contribution in [1.29, 1.82) is 0 Å². The van der Waals surface area contributed by atoms with Crippen LogP contribution in [0.15, 0.2) is 53.3 Å². The molecule has 1 amide bonds. The maximum Gasteiger partial charge on any atom is 0.251 e. The average Bonchev–Trinajstić information content (AvgIpc) is 2.61. The summed E-state index contributed by atoms with van der Waals surface area (Å²) < 4.78 is 0. The summed E-state index contributed by atoms with van der Waals surface area (Å²) in [5, 5.41) is 13.7. The van der Waals surface area contributed by atoms with Crippen LogP contribution in [0.3, 0.4) is 0 Å². The van der Waals surface area contributed by atoms with Gasteiger partial charge in [-0.25, -0.2) is 0 Å². The molecule has 138 valence electrons. The van der Waals surface area contributed by atoms with Gasteiger partial charge in [0.05, 0.1) is 0 Å². The zero-order chi connectivity index (χ0) is 19.6. The Kier molecular flexibility index (Phi) is 5.58. The molecule has 1 aromatic heterocycles. The number of aryl methyl sites for hydroxylation is 1. The van der Waals surface area contributed by atoms with Crippen molar-refractivity contribution in [3.8, 4) is 0 Å². The van der Waals surface area contributed by atoms with E-state index < -0.39 is 6.04 Å². The highest BCUT2D eigenvalue weighted by Gasteiger charge is 2.20. The lowest BCUT2D eigenvalue weighted by Crippen LogP contribution is -2.41. The second kappa shape index (κ2) is 7.90. The van der Waals surface area contributed by atoms with Gasteiger partial charge < -0.3 is 15.4 Å². The van der Waals surface area contributed by atoms with Crippen molar-refractivity contribution in [1.82, 2.24) is 10.3 Å². The van der Waals surface area contributed by atoms with Crippen LogP contribution in [0.2, 0.25) is 5.02 Å². The highest BCUT2D eigenvalue weighted by Crippen LogP contribution is 2.21. The Morgan fingerprint density at radius 1 is 1.26 bits per heavy atom. The van der Waals surface area contributed by atoms with E-state index in [1.807, 2.05) is 25.1 Å². The lowest BCUT2D eigenvalue weighted by molar-refractivity contribution is 0.0944. The van der Waals surface area contributed by atoms with Crippen LogP contribution in [0.25, 0.3) is 10.9 Å². The fraction of sp³-hybridized carbons (Fsp3) is 0.150. The zero-order valence-corrected chi connectivity index (χ0v) is 16.0. The number of amides is 1. The van der Waals surface area contributed by atoms with E-state index >= 15 is 0 Å². The molecule has 7 heteroatoms. The Morgan fingerprint density at radius 3 is 2.63 bits per heavy atom.